The summed E-state index contributed by atoms with van der Waals surface area (Å²) in [5.41, 5.74) is -0.108. The van der Waals surface area contributed by atoms with Crippen molar-refractivity contribution in [2.24, 2.45) is 11.8 Å². The molecule has 0 bridgehead atoms. The zero-order chi connectivity index (χ0) is 14.9. The van der Waals surface area contributed by atoms with Gasteiger partial charge in [-0.05, 0) is 25.2 Å². The summed E-state index contributed by atoms with van der Waals surface area (Å²) in [6.45, 7) is 7.14. The number of hydrogen-bond acceptors (Lipinski definition) is 3. The van der Waals surface area contributed by atoms with Crippen LogP contribution in [0.1, 0.15) is 52.4 Å². The summed E-state index contributed by atoms with van der Waals surface area (Å²) in [5, 5.41) is 0. The molecule has 0 aromatic carbocycles. The van der Waals surface area contributed by atoms with Crippen LogP contribution in [0.5, 0.6) is 0 Å². The maximum absolute atomic E-state index is 12.0. The summed E-state index contributed by atoms with van der Waals surface area (Å²) in [4.78, 5) is 13.9. The Morgan fingerprint density at radius 2 is 2.00 bits per heavy atom. The molecule has 4 heteroatoms. The lowest BCUT2D eigenvalue weighted by Crippen LogP contribution is -2.67. The van der Waals surface area contributed by atoms with Crippen molar-refractivity contribution in [3.8, 4) is 0 Å². The van der Waals surface area contributed by atoms with Crippen LogP contribution in [0.2, 0.25) is 0 Å². The fourth-order valence-corrected chi connectivity index (χ4v) is 3.96. The summed E-state index contributed by atoms with van der Waals surface area (Å²) >= 11 is 0. The number of amides is 1. The van der Waals surface area contributed by atoms with Gasteiger partial charge in [0.2, 0.25) is 5.91 Å². The summed E-state index contributed by atoms with van der Waals surface area (Å²) in [6, 6.07) is 0. The molecule has 2 aliphatic heterocycles. The van der Waals surface area contributed by atoms with Crippen molar-refractivity contribution in [2.45, 2.75) is 64.1 Å². The van der Waals surface area contributed by atoms with Gasteiger partial charge in [0.1, 0.15) is 5.60 Å². The van der Waals surface area contributed by atoms with E-state index in [0.717, 1.165) is 45.1 Å². The first-order valence-electron chi connectivity index (χ1n) is 8.62. The van der Waals surface area contributed by atoms with Gasteiger partial charge in [0.25, 0.3) is 0 Å². The normalized spacial score (nSPS) is 29.1. The van der Waals surface area contributed by atoms with Crippen LogP contribution in [0.4, 0.5) is 0 Å². The third-order valence-corrected chi connectivity index (χ3v) is 5.25. The predicted molar refractivity (Wildman–Crippen MR) is 81.0 cm³/mol. The topological polar surface area (TPSA) is 38.8 Å². The van der Waals surface area contributed by atoms with E-state index in [1.54, 1.807) is 0 Å². The Hall–Kier alpha value is -0.610. The Balaban J connectivity index is 1.44. The summed E-state index contributed by atoms with van der Waals surface area (Å²) < 4.78 is 12.1. The van der Waals surface area contributed by atoms with E-state index in [4.69, 9.17) is 9.47 Å². The first kappa shape index (κ1) is 15.3. The highest BCUT2D eigenvalue weighted by molar-refractivity contribution is 5.79. The molecule has 120 valence electrons. The molecule has 0 aromatic heterocycles. The fourth-order valence-electron chi connectivity index (χ4n) is 3.96. The van der Waals surface area contributed by atoms with Crippen LogP contribution >= 0.6 is 0 Å². The molecule has 21 heavy (non-hydrogen) atoms. The monoisotopic (exact) mass is 295 g/mol. The van der Waals surface area contributed by atoms with Crippen LogP contribution in [0.15, 0.2) is 0 Å². The van der Waals surface area contributed by atoms with Crippen molar-refractivity contribution in [3.05, 3.63) is 0 Å². The second kappa shape index (κ2) is 6.25. The highest BCUT2D eigenvalue weighted by atomic mass is 16.5. The Bertz CT molecular complexity index is 370. The largest absolute Gasteiger partial charge is 0.378 e. The minimum Gasteiger partial charge on any atom is -0.378 e. The van der Waals surface area contributed by atoms with Gasteiger partial charge in [0, 0.05) is 25.6 Å². The van der Waals surface area contributed by atoms with Gasteiger partial charge in [-0.1, -0.05) is 26.7 Å². The summed E-state index contributed by atoms with van der Waals surface area (Å²) in [6.07, 6.45) is 7.72. The molecule has 0 N–H and O–H groups in total. The van der Waals surface area contributed by atoms with E-state index in [0.29, 0.717) is 6.10 Å². The summed E-state index contributed by atoms with van der Waals surface area (Å²) in [7, 11) is 0. The molecule has 1 amide bonds. The smallest absolute Gasteiger partial charge is 0.225 e. The van der Waals surface area contributed by atoms with Crippen molar-refractivity contribution in [3.63, 3.8) is 0 Å². The average molecular weight is 295 g/mol. The third-order valence-electron chi connectivity index (χ3n) is 5.25. The standard InChI is InChI=1S/C17H29NO3/c1-13(2)16(19)18-11-17(12-18)9-15(7-8-21-17)20-10-14-5-3-4-6-14/h13-15H,3-12H2,1-2H3. The average Bonchev–Trinajstić information content (AvgIpc) is 2.95. The molecule has 2 heterocycles. The molecule has 3 rings (SSSR count). The van der Waals surface area contributed by atoms with Gasteiger partial charge in [0.05, 0.1) is 19.2 Å². The van der Waals surface area contributed by atoms with Crippen LogP contribution in [-0.4, -0.2) is 48.8 Å². The van der Waals surface area contributed by atoms with Crippen molar-refractivity contribution in [2.75, 3.05) is 26.3 Å². The van der Waals surface area contributed by atoms with E-state index in [-0.39, 0.29) is 17.4 Å². The number of carbonyl (C=O) groups excluding carboxylic acids is 1. The molecule has 0 aromatic rings. The van der Waals surface area contributed by atoms with E-state index in [2.05, 4.69) is 0 Å². The highest BCUT2D eigenvalue weighted by Gasteiger charge is 2.49. The van der Waals surface area contributed by atoms with Gasteiger partial charge in [-0.3, -0.25) is 4.79 Å². The van der Waals surface area contributed by atoms with Crippen molar-refractivity contribution < 1.29 is 14.3 Å². The van der Waals surface area contributed by atoms with E-state index in [9.17, 15) is 4.79 Å². The van der Waals surface area contributed by atoms with Crippen LogP contribution in [-0.2, 0) is 14.3 Å². The first-order chi connectivity index (χ1) is 10.1. The quantitative estimate of drug-likeness (QED) is 0.800. The molecule has 1 spiro atoms. The zero-order valence-electron chi connectivity index (χ0n) is 13.5. The molecule has 3 aliphatic rings. The van der Waals surface area contributed by atoms with E-state index >= 15 is 0 Å². The van der Waals surface area contributed by atoms with Gasteiger partial charge < -0.3 is 14.4 Å². The van der Waals surface area contributed by atoms with Gasteiger partial charge in [-0.15, -0.1) is 0 Å². The number of rotatable bonds is 4. The number of nitrogens with zero attached hydrogens (tertiary/aromatic N) is 1. The molecule has 1 aliphatic carbocycles. The predicted octanol–water partition coefficient (Wildman–Crippen LogP) is 2.61. The number of carbonyl (C=O) groups is 1. The maximum Gasteiger partial charge on any atom is 0.225 e. The van der Waals surface area contributed by atoms with Gasteiger partial charge in [-0.2, -0.15) is 0 Å². The molecular weight excluding hydrogens is 266 g/mol. The minimum absolute atomic E-state index is 0.0837. The lowest BCUT2D eigenvalue weighted by atomic mass is 9.84. The lowest BCUT2D eigenvalue weighted by molar-refractivity contribution is -0.203. The maximum atomic E-state index is 12.0. The number of likely N-dealkylation sites (tertiary alicyclic amines) is 1. The van der Waals surface area contributed by atoms with E-state index < -0.39 is 0 Å². The molecular formula is C17H29NO3. The second-order valence-corrected chi connectivity index (χ2v) is 7.48. The first-order valence-corrected chi connectivity index (χ1v) is 8.62. The number of hydrogen-bond donors (Lipinski definition) is 0. The van der Waals surface area contributed by atoms with Crippen molar-refractivity contribution >= 4 is 5.91 Å². The van der Waals surface area contributed by atoms with Crippen LogP contribution in [0, 0.1) is 11.8 Å². The molecule has 4 nitrogen and oxygen atoms in total. The highest BCUT2D eigenvalue weighted by Crippen LogP contribution is 2.36. The Morgan fingerprint density at radius 1 is 1.29 bits per heavy atom. The Morgan fingerprint density at radius 3 is 2.67 bits per heavy atom. The SMILES string of the molecule is CC(C)C(=O)N1CC2(CC(OCC3CCCC3)CCO2)C1. The second-order valence-electron chi connectivity index (χ2n) is 7.48. The van der Waals surface area contributed by atoms with E-state index in [1.165, 1.54) is 25.7 Å². The Kier molecular flexibility index (Phi) is 4.55. The van der Waals surface area contributed by atoms with E-state index in [1.807, 2.05) is 18.7 Å². The minimum atomic E-state index is -0.108. The third kappa shape index (κ3) is 3.42. The molecule has 0 radical (unpaired) electrons. The lowest BCUT2D eigenvalue weighted by Gasteiger charge is -2.53. The van der Waals surface area contributed by atoms with Gasteiger partial charge in [0.15, 0.2) is 0 Å². The van der Waals surface area contributed by atoms with Crippen LogP contribution in [0.3, 0.4) is 0 Å². The van der Waals surface area contributed by atoms with Gasteiger partial charge in [-0.25, -0.2) is 0 Å². The summed E-state index contributed by atoms with van der Waals surface area (Å²) in [5.74, 6) is 1.11. The fraction of sp³-hybridized carbons (Fsp3) is 0.941. The molecule has 1 atom stereocenters. The molecule has 1 unspecified atom stereocenters. The Labute approximate surface area is 128 Å². The molecule has 3 fully saturated rings. The van der Waals surface area contributed by atoms with Crippen LogP contribution in [0.25, 0.3) is 0 Å². The van der Waals surface area contributed by atoms with Gasteiger partial charge >= 0.3 is 0 Å². The number of ether oxygens (including phenoxy) is 2. The van der Waals surface area contributed by atoms with Crippen LogP contribution < -0.4 is 0 Å². The van der Waals surface area contributed by atoms with Crippen molar-refractivity contribution in [1.82, 2.24) is 4.90 Å². The molecule has 1 saturated carbocycles. The molecule has 2 saturated heterocycles. The van der Waals surface area contributed by atoms with Crippen molar-refractivity contribution in [1.29, 1.82) is 0 Å². The zero-order valence-corrected chi connectivity index (χ0v) is 13.5.